The number of piperidine rings is 1. The number of methoxy groups -OCH3 is 2. The zero-order valence-electron chi connectivity index (χ0n) is 39.0. The molecular formula is C51H62N8O7. The molecule has 5 aromatic rings. The fraction of sp³-hybridized carbons (Fsp3) is 0.490. The van der Waals surface area contributed by atoms with Crippen molar-refractivity contribution in [3.8, 4) is 33.6 Å². The van der Waals surface area contributed by atoms with E-state index in [1.54, 1.807) is 0 Å². The Morgan fingerprint density at radius 2 is 1.21 bits per heavy atom. The summed E-state index contributed by atoms with van der Waals surface area (Å²) in [5.41, 5.74) is 5.89. The number of aromatic nitrogens is 4. The highest BCUT2D eigenvalue weighted by Gasteiger charge is 2.57. The summed E-state index contributed by atoms with van der Waals surface area (Å²) in [7, 11) is 2.62. The second-order valence-electron chi connectivity index (χ2n) is 19.5. The van der Waals surface area contributed by atoms with Gasteiger partial charge >= 0.3 is 12.2 Å². The van der Waals surface area contributed by atoms with Crippen LogP contribution < -0.4 is 10.6 Å². The first-order chi connectivity index (χ1) is 31.7. The highest BCUT2D eigenvalue weighted by atomic mass is 16.5. The molecule has 11 atom stereocenters. The molecular weight excluding hydrogens is 837 g/mol. The molecule has 9 rings (SSSR count). The Kier molecular flexibility index (Phi) is 12.4. The Morgan fingerprint density at radius 3 is 1.83 bits per heavy atom. The fourth-order valence-corrected chi connectivity index (χ4v) is 10.9. The number of amides is 4. The molecule has 1 saturated carbocycles. The molecule has 348 valence electrons. The van der Waals surface area contributed by atoms with Gasteiger partial charge in [-0.25, -0.2) is 19.6 Å². The fourth-order valence-electron chi connectivity index (χ4n) is 10.9. The van der Waals surface area contributed by atoms with E-state index in [4.69, 9.17) is 24.2 Å². The molecule has 5 heterocycles. The molecule has 66 heavy (non-hydrogen) atoms. The van der Waals surface area contributed by atoms with E-state index in [1.807, 2.05) is 49.9 Å². The summed E-state index contributed by atoms with van der Waals surface area (Å²) in [4.78, 5) is 73.7. The van der Waals surface area contributed by atoms with E-state index >= 15 is 0 Å². The highest BCUT2D eigenvalue weighted by molar-refractivity contribution is 5.91. The molecule has 3 aliphatic heterocycles. The summed E-state index contributed by atoms with van der Waals surface area (Å²) in [5.74, 6) is 1.73. The number of fused-ring (bicyclic) bond motifs is 2. The normalized spacial score (nSPS) is 26.8. The van der Waals surface area contributed by atoms with E-state index in [9.17, 15) is 19.2 Å². The van der Waals surface area contributed by atoms with Crippen molar-refractivity contribution in [2.45, 2.75) is 122 Å². The molecule has 1 aliphatic carbocycles. The molecule has 4 fully saturated rings. The lowest BCUT2D eigenvalue weighted by Gasteiger charge is -2.38. The van der Waals surface area contributed by atoms with Crippen molar-refractivity contribution in [3.05, 3.63) is 84.7 Å². The second kappa shape index (κ2) is 18.2. The first-order valence-electron chi connectivity index (χ1n) is 23.4. The van der Waals surface area contributed by atoms with Crippen LogP contribution in [0.1, 0.15) is 97.4 Å². The Balaban J connectivity index is 0.886. The van der Waals surface area contributed by atoms with Crippen LogP contribution in [0.4, 0.5) is 9.59 Å². The number of nitrogens with zero attached hydrogens (tertiary/aromatic N) is 4. The minimum Gasteiger partial charge on any atom is -0.453 e. The van der Waals surface area contributed by atoms with Crippen molar-refractivity contribution in [3.63, 3.8) is 0 Å². The molecule has 4 N–H and O–H groups in total. The van der Waals surface area contributed by atoms with Crippen LogP contribution in [0.5, 0.6) is 0 Å². The summed E-state index contributed by atoms with van der Waals surface area (Å²) in [6, 6.07) is 19.4. The SMILES string of the molecule is COC(=O)NC(C(=O)N1[C@@H]2C[C@@H]2C[C@H]1c1ncc(-c2ccc3cc(-c4ccc(-c5cnc([C@@H]6C[C@@H](C)[C@@H](C)N6C(=O)[C@@H](NC(=O)OC)C(C)C)[nH]5)cc4)ccc3c2)[nH]1)C1C[C@@H](C)O[C@@H](C)C1. The minimum absolute atomic E-state index is 0.0123. The van der Waals surface area contributed by atoms with Crippen LogP contribution >= 0.6 is 0 Å². The zero-order chi connectivity index (χ0) is 46.6. The summed E-state index contributed by atoms with van der Waals surface area (Å²) in [5, 5.41) is 7.84. The summed E-state index contributed by atoms with van der Waals surface area (Å²) < 4.78 is 15.8. The van der Waals surface area contributed by atoms with Crippen LogP contribution in [-0.2, 0) is 23.8 Å². The van der Waals surface area contributed by atoms with Gasteiger partial charge in [-0.1, -0.05) is 69.3 Å². The largest absolute Gasteiger partial charge is 0.453 e. The summed E-state index contributed by atoms with van der Waals surface area (Å²) >= 11 is 0. The second-order valence-corrected chi connectivity index (χ2v) is 19.5. The summed E-state index contributed by atoms with van der Waals surface area (Å²) in [6.45, 7) is 12.1. The molecule has 15 heteroatoms. The van der Waals surface area contributed by atoms with E-state index < -0.39 is 24.3 Å². The average molecular weight is 899 g/mol. The summed E-state index contributed by atoms with van der Waals surface area (Å²) in [6.07, 6.45) is 6.33. The van der Waals surface area contributed by atoms with Gasteiger partial charge in [0.05, 0.1) is 62.3 Å². The number of imidazole rings is 2. The lowest BCUT2D eigenvalue weighted by molar-refractivity contribution is -0.140. The first kappa shape index (κ1) is 45.0. The highest BCUT2D eigenvalue weighted by Crippen LogP contribution is 2.54. The van der Waals surface area contributed by atoms with Crippen LogP contribution in [0.3, 0.4) is 0 Å². The molecule has 3 aromatic carbocycles. The van der Waals surface area contributed by atoms with E-state index in [-0.39, 0.29) is 65.9 Å². The third-order valence-electron chi connectivity index (χ3n) is 14.6. The third kappa shape index (κ3) is 8.77. The van der Waals surface area contributed by atoms with Gasteiger partial charge in [0, 0.05) is 17.6 Å². The zero-order valence-corrected chi connectivity index (χ0v) is 39.0. The molecule has 4 aliphatic rings. The Labute approximate surface area is 385 Å². The smallest absolute Gasteiger partial charge is 0.407 e. The van der Waals surface area contributed by atoms with E-state index in [2.05, 4.69) is 95.1 Å². The van der Waals surface area contributed by atoms with Gasteiger partial charge in [0.1, 0.15) is 23.7 Å². The number of ether oxygens (including phenoxy) is 3. The number of rotatable bonds is 11. The van der Waals surface area contributed by atoms with Crippen molar-refractivity contribution in [1.29, 1.82) is 0 Å². The number of benzene rings is 3. The Hall–Kier alpha value is -6.22. The third-order valence-corrected chi connectivity index (χ3v) is 14.6. The van der Waals surface area contributed by atoms with Gasteiger partial charge in [0.2, 0.25) is 11.8 Å². The first-order valence-corrected chi connectivity index (χ1v) is 23.4. The number of aromatic amines is 2. The van der Waals surface area contributed by atoms with Gasteiger partial charge in [0.15, 0.2) is 0 Å². The standard InChI is InChI=1S/C51H62N8O7/c1-26(2)44(56-50(62)64-7)48(60)58-30(6)27(3)17-42(58)46-52-24-39(54-46)32-11-9-31(10-12-32)33-13-14-35-21-36(16-15-34(35)20-33)40-25-53-47(55-40)43-23-37-22-41(37)59(43)49(61)45(57-51(63)65-8)38-18-28(4)66-29(5)19-38/h9-16,20-21,24-30,37-38,41-45H,17-19,22-23H2,1-8H3,(H,52,54)(H,53,55)(H,56,62)(H,57,63)/t27-,28-,29+,30-,37-,38?,41-,42+,43+,44+,45?/m1/s1. The average Bonchev–Trinajstić information content (AvgIpc) is 3.74. The van der Waals surface area contributed by atoms with Crippen LogP contribution in [-0.4, -0.2) is 104 Å². The maximum atomic E-state index is 14.5. The maximum Gasteiger partial charge on any atom is 0.407 e. The molecule has 15 nitrogen and oxygen atoms in total. The van der Waals surface area contributed by atoms with Crippen LogP contribution in [0.15, 0.2) is 73.1 Å². The van der Waals surface area contributed by atoms with Gasteiger partial charge in [-0.2, -0.15) is 0 Å². The van der Waals surface area contributed by atoms with Gasteiger partial charge in [0.25, 0.3) is 0 Å². The number of carbonyl (C=O) groups excluding carboxylic acids is 4. The number of likely N-dealkylation sites (tertiary alicyclic amines) is 2. The number of alkyl carbamates (subject to hydrolysis) is 2. The Morgan fingerprint density at radius 1 is 0.667 bits per heavy atom. The molecule has 0 bridgehead atoms. The molecule has 0 radical (unpaired) electrons. The van der Waals surface area contributed by atoms with Crippen LogP contribution in [0.2, 0.25) is 0 Å². The number of carbonyl (C=O) groups is 4. The van der Waals surface area contributed by atoms with Crippen molar-refractivity contribution in [1.82, 2.24) is 40.4 Å². The predicted octanol–water partition coefficient (Wildman–Crippen LogP) is 8.56. The van der Waals surface area contributed by atoms with Gasteiger partial charge in [-0.3, -0.25) is 9.59 Å². The molecule has 2 aromatic heterocycles. The topological polar surface area (TPSA) is 184 Å². The molecule has 3 saturated heterocycles. The van der Waals surface area contributed by atoms with Crippen LogP contribution in [0.25, 0.3) is 44.4 Å². The molecule has 2 unspecified atom stereocenters. The van der Waals surface area contributed by atoms with E-state index in [1.165, 1.54) is 14.2 Å². The van der Waals surface area contributed by atoms with E-state index in [0.717, 1.165) is 75.3 Å². The lowest BCUT2D eigenvalue weighted by Crippen LogP contribution is -2.55. The lowest BCUT2D eigenvalue weighted by atomic mass is 9.85. The van der Waals surface area contributed by atoms with Crippen molar-refractivity contribution < 1.29 is 33.4 Å². The number of nitrogens with one attached hydrogen (secondary N) is 4. The molecule has 4 amide bonds. The van der Waals surface area contributed by atoms with Crippen molar-refractivity contribution >= 4 is 34.8 Å². The predicted molar refractivity (Wildman–Crippen MR) is 250 cm³/mol. The number of H-pyrrole nitrogens is 2. The van der Waals surface area contributed by atoms with Gasteiger partial charge in [-0.15, -0.1) is 0 Å². The monoisotopic (exact) mass is 898 g/mol. The number of hydrogen-bond donors (Lipinski definition) is 4. The van der Waals surface area contributed by atoms with Crippen LogP contribution in [0, 0.1) is 23.7 Å². The van der Waals surface area contributed by atoms with E-state index in [0.29, 0.717) is 18.8 Å². The maximum absolute atomic E-state index is 14.5. The van der Waals surface area contributed by atoms with Gasteiger partial charge in [-0.05, 0) is 116 Å². The quantitative estimate of drug-likeness (QED) is 0.101. The molecule has 0 spiro atoms. The Bertz CT molecular complexity index is 2600. The van der Waals surface area contributed by atoms with Crippen molar-refractivity contribution in [2.75, 3.05) is 14.2 Å². The number of hydrogen-bond acceptors (Lipinski definition) is 9. The van der Waals surface area contributed by atoms with Gasteiger partial charge < -0.3 is 44.6 Å². The minimum atomic E-state index is -0.717. The van der Waals surface area contributed by atoms with Crippen molar-refractivity contribution in [2.24, 2.45) is 23.7 Å².